The first-order chi connectivity index (χ1) is 3.85. The molecule has 0 saturated carbocycles. The first-order valence-corrected chi connectivity index (χ1v) is 3.18. The quantitative estimate of drug-likeness (QED) is 0.429. The van der Waals surface area contributed by atoms with E-state index in [1.165, 1.54) is 0 Å². The van der Waals surface area contributed by atoms with Gasteiger partial charge in [-0.1, -0.05) is 8.96 Å². The third kappa shape index (κ3) is 2.50. The minimum absolute atomic E-state index is 2.15. The summed E-state index contributed by atoms with van der Waals surface area (Å²) in [5, 5.41) is -2.15. The zero-order chi connectivity index (χ0) is 7.65. The van der Waals surface area contributed by atoms with E-state index in [4.69, 9.17) is 9.79 Å². The minimum atomic E-state index is -5.28. The minimum Gasteiger partial charge on any atom is -0.318 e. The number of rotatable bonds is 1. The monoisotopic (exact) mass is 161 g/mol. The summed E-state index contributed by atoms with van der Waals surface area (Å²) < 4.78 is 31.4. The first-order valence-electron chi connectivity index (χ1n) is 1.57. The predicted molar refractivity (Wildman–Crippen MR) is 21.5 cm³/mol. The van der Waals surface area contributed by atoms with Gasteiger partial charge in [-0.25, -0.2) is 4.57 Å². The second-order valence-corrected chi connectivity index (χ2v) is 2.53. The molecule has 0 bridgehead atoms. The Morgan fingerprint density at radius 3 is 1.78 bits per heavy atom. The summed E-state index contributed by atoms with van der Waals surface area (Å²) in [6.07, 6.45) is 0. The van der Waals surface area contributed by atoms with Crippen LogP contribution in [-0.2, 0) is 4.57 Å². The Hall–Kier alpha value is -0.520. The van der Waals surface area contributed by atoms with Crippen molar-refractivity contribution in [3.8, 4) is 0 Å². The SMILES string of the molecule is O=C(N(F)F)P(=O)(O)O. The summed E-state index contributed by atoms with van der Waals surface area (Å²) in [7, 11) is -5.28. The Morgan fingerprint density at radius 1 is 1.44 bits per heavy atom. The van der Waals surface area contributed by atoms with Crippen molar-refractivity contribution in [2.45, 2.75) is 0 Å². The second-order valence-electron chi connectivity index (χ2n) is 1.06. The predicted octanol–water partition coefficient (Wildman–Crippen LogP) is 0.355. The summed E-state index contributed by atoms with van der Waals surface area (Å²) in [6.45, 7) is 0. The fraction of sp³-hybridized carbons (Fsp3) is 0. The van der Waals surface area contributed by atoms with Crippen LogP contribution in [0.2, 0.25) is 0 Å². The molecule has 0 radical (unpaired) electrons. The average molecular weight is 161 g/mol. The maximum absolute atomic E-state index is 10.9. The molecule has 0 fully saturated rings. The van der Waals surface area contributed by atoms with Crippen LogP contribution in [0.1, 0.15) is 0 Å². The van der Waals surface area contributed by atoms with E-state index in [-0.39, 0.29) is 0 Å². The Balaban J connectivity index is 4.24. The van der Waals surface area contributed by atoms with Crippen LogP contribution in [0.25, 0.3) is 0 Å². The smallest absolute Gasteiger partial charge is 0.318 e. The molecule has 0 aliphatic rings. The van der Waals surface area contributed by atoms with E-state index in [2.05, 4.69) is 0 Å². The third-order valence-electron chi connectivity index (χ3n) is 0.394. The van der Waals surface area contributed by atoms with E-state index in [0.717, 1.165) is 0 Å². The topological polar surface area (TPSA) is 77.8 Å². The molecule has 0 aromatic rings. The van der Waals surface area contributed by atoms with Gasteiger partial charge in [0.25, 0.3) is 0 Å². The molecule has 0 aromatic heterocycles. The van der Waals surface area contributed by atoms with Gasteiger partial charge in [0.1, 0.15) is 0 Å². The number of amides is 1. The molecule has 0 aliphatic heterocycles. The van der Waals surface area contributed by atoms with Gasteiger partial charge in [-0.2, -0.15) is 0 Å². The average Bonchev–Trinajstić information content (AvgIpc) is 1.62. The molecule has 2 N–H and O–H groups in total. The summed E-state index contributed by atoms with van der Waals surface area (Å²) in [5.74, 6) is 0. The Labute approximate surface area is 47.9 Å². The van der Waals surface area contributed by atoms with Crippen molar-refractivity contribution >= 4 is 13.2 Å². The summed E-state index contributed by atoms with van der Waals surface area (Å²) in [5.41, 5.74) is -2.50. The molecule has 0 aliphatic carbocycles. The molecule has 0 rings (SSSR count). The largest absolute Gasteiger partial charge is 0.418 e. The number of carbonyl (C=O) groups is 1. The molecule has 0 spiro atoms. The number of carbonyl (C=O) groups excluding carboxylic acids is 1. The fourth-order valence-electron chi connectivity index (χ4n) is 0.0985. The summed E-state index contributed by atoms with van der Waals surface area (Å²) in [6, 6.07) is 0. The van der Waals surface area contributed by atoms with Crippen molar-refractivity contribution in [3.63, 3.8) is 0 Å². The van der Waals surface area contributed by atoms with E-state index in [1.807, 2.05) is 0 Å². The van der Waals surface area contributed by atoms with Crippen LogP contribution in [0, 0.1) is 0 Å². The van der Waals surface area contributed by atoms with E-state index in [9.17, 15) is 18.3 Å². The Morgan fingerprint density at radius 2 is 1.78 bits per heavy atom. The van der Waals surface area contributed by atoms with Gasteiger partial charge in [0, 0.05) is 5.34 Å². The van der Waals surface area contributed by atoms with E-state index in [1.54, 1.807) is 0 Å². The van der Waals surface area contributed by atoms with Crippen LogP contribution < -0.4 is 0 Å². The lowest BCUT2D eigenvalue weighted by Crippen LogP contribution is -2.10. The zero-order valence-corrected chi connectivity index (χ0v) is 4.76. The van der Waals surface area contributed by atoms with Crippen LogP contribution in [-0.4, -0.2) is 20.8 Å². The van der Waals surface area contributed by atoms with Gasteiger partial charge >= 0.3 is 13.2 Å². The van der Waals surface area contributed by atoms with Crippen LogP contribution in [0.4, 0.5) is 13.8 Å². The zero-order valence-electron chi connectivity index (χ0n) is 3.86. The van der Waals surface area contributed by atoms with Crippen molar-refractivity contribution in [1.29, 1.82) is 0 Å². The maximum atomic E-state index is 10.9. The van der Waals surface area contributed by atoms with E-state index in [0.29, 0.717) is 0 Å². The van der Waals surface area contributed by atoms with E-state index < -0.39 is 18.6 Å². The molecule has 1 amide bonds. The highest BCUT2D eigenvalue weighted by molar-refractivity contribution is 7.69. The molecule has 0 heterocycles. The lowest BCUT2D eigenvalue weighted by atomic mass is 11.4. The van der Waals surface area contributed by atoms with Crippen molar-refractivity contribution in [2.24, 2.45) is 0 Å². The van der Waals surface area contributed by atoms with Crippen molar-refractivity contribution in [2.75, 3.05) is 0 Å². The molecule has 8 heteroatoms. The Bertz CT molecular complexity index is 162. The molecule has 0 saturated heterocycles. The number of hydrogen-bond donors (Lipinski definition) is 2. The Kier molecular flexibility index (Phi) is 2.25. The normalized spacial score (nSPS) is 11.1. The van der Waals surface area contributed by atoms with Crippen molar-refractivity contribution in [3.05, 3.63) is 0 Å². The van der Waals surface area contributed by atoms with Crippen molar-refractivity contribution < 1.29 is 28.1 Å². The number of nitrogens with zero attached hydrogens (tertiary/aromatic N) is 1. The van der Waals surface area contributed by atoms with Crippen LogP contribution in [0.15, 0.2) is 0 Å². The lowest BCUT2D eigenvalue weighted by molar-refractivity contribution is -0.0903. The van der Waals surface area contributed by atoms with Gasteiger partial charge in [0.05, 0.1) is 0 Å². The molecular weight excluding hydrogens is 159 g/mol. The third-order valence-corrected chi connectivity index (χ3v) is 1.04. The van der Waals surface area contributed by atoms with Crippen LogP contribution in [0.3, 0.4) is 0 Å². The molecular formula is CH2F2NO4P. The van der Waals surface area contributed by atoms with Crippen LogP contribution in [0.5, 0.6) is 0 Å². The van der Waals surface area contributed by atoms with Gasteiger partial charge in [-0.05, 0) is 0 Å². The van der Waals surface area contributed by atoms with Crippen LogP contribution >= 0.6 is 7.60 Å². The summed E-state index contributed by atoms with van der Waals surface area (Å²) in [4.78, 5) is 25.0. The molecule has 54 valence electrons. The first kappa shape index (κ1) is 8.48. The molecule has 0 aromatic carbocycles. The van der Waals surface area contributed by atoms with Gasteiger partial charge < -0.3 is 9.79 Å². The molecule has 0 atom stereocenters. The second kappa shape index (κ2) is 2.38. The number of halogens is 2. The highest BCUT2D eigenvalue weighted by Gasteiger charge is 2.32. The van der Waals surface area contributed by atoms with Gasteiger partial charge in [-0.3, -0.25) is 4.79 Å². The number of hydrogen-bond acceptors (Lipinski definition) is 2. The fourth-order valence-corrected chi connectivity index (χ4v) is 0.295. The molecule has 0 unspecified atom stereocenters. The molecule has 9 heavy (non-hydrogen) atoms. The van der Waals surface area contributed by atoms with Gasteiger partial charge in [0.2, 0.25) is 0 Å². The summed E-state index contributed by atoms with van der Waals surface area (Å²) >= 11 is 0. The highest BCUT2D eigenvalue weighted by Crippen LogP contribution is 2.38. The standard InChI is InChI=1S/CH2F2NO4P/c2-4(3)1(5)9(6,7)8/h(H2,6,7,8). The van der Waals surface area contributed by atoms with Gasteiger partial charge in [-0.15, -0.1) is 0 Å². The van der Waals surface area contributed by atoms with Gasteiger partial charge in [0.15, 0.2) is 0 Å². The maximum Gasteiger partial charge on any atom is 0.418 e. The highest BCUT2D eigenvalue weighted by atomic mass is 31.2. The van der Waals surface area contributed by atoms with Crippen molar-refractivity contribution in [1.82, 2.24) is 5.34 Å². The molecule has 5 nitrogen and oxygen atoms in total. The lowest BCUT2D eigenvalue weighted by Gasteiger charge is -1.99. The van der Waals surface area contributed by atoms with E-state index >= 15 is 0 Å².